The zero-order chi connectivity index (χ0) is 28.7. The number of anilines is 2. The molecule has 0 bridgehead atoms. The van der Waals surface area contributed by atoms with Gasteiger partial charge in [-0.1, -0.05) is 48.5 Å². The maximum atomic E-state index is 13.1. The van der Waals surface area contributed by atoms with Crippen LogP contribution in [0.2, 0.25) is 0 Å². The van der Waals surface area contributed by atoms with Crippen molar-refractivity contribution in [1.29, 1.82) is 0 Å². The molecule has 1 fully saturated rings. The van der Waals surface area contributed by atoms with Gasteiger partial charge in [0.2, 0.25) is 5.95 Å². The van der Waals surface area contributed by atoms with E-state index in [0.717, 1.165) is 54.0 Å². The zero-order valence-corrected chi connectivity index (χ0v) is 23.8. The van der Waals surface area contributed by atoms with E-state index in [0.29, 0.717) is 18.9 Å². The summed E-state index contributed by atoms with van der Waals surface area (Å²) in [7, 11) is 0. The third-order valence-corrected chi connectivity index (χ3v) is 8.20. The molecule has 3 aromatic carbocycles. The number of urea groups is 1. The Morgan fingerprint density at radius 3 is 2.55 bits per heavy atom. The Balaban J connectivity index is 1.07. The molecule has 1 aliphatic carbocycles. The van der Waals surface area contributed by atoms with Crippen LogP contribution < -0.4 is 16.0 Å². The average molecular weight is 565 g/mol. The maximum absolute atomic E-state index is 13.1. The van der Waals surface area contributed by atoms with Crippen molar-refractivity contribution in [3.8, 4) is 11.3 Å². The first-order valence-electron chi connectivity index (χ1n) is 14.9. The van der Waals surface area contributed by atoms with Gasteiger partial charge < -0.3 is 20.9 Å². The summed E-state index contributed by atoms with van der Waals surface area (Å²) in [5.74, 6) is 0.604. The van der Waals surface area contributed by atoms with Gasteiger partial charge in [0.1, 0.15) is 5.82 Å². The predicted octanol–water partition coefficient (Wildman–Crippen LogP) is 6.23. The molecule has 1 atom stereocenters. The molecule has 4 aromatic rings. The quantitative estimate of drug-likeness (QED) is 0.199. The lowest BCUT2D eigenvalue weighted by atomic mass is 9.78. The molecular weight excluding hydrogens is 527 g/mol. The number of carbonyl (C=O) groups is 1. The maximum Gasteiger partial charge on any atom is 0.319 e. The summed E-state index contributed by atoms with van der Waals surface area (Å²) >= 11 is 0. The molecule has 0 radical (unpaired) electrons. The predicted molar refractivity (Wildman–Crippen MR) is 165 cm³/mol. The van der Waals surface area contributed by atoms with Crippen LogP contribution in [-0.2, 0) is 12.8 Å². The van der Waals surface area contributed by atoms with Gasteiger partial charge in [-0.25, -0.2) is 19.2 Å². The van der Waals surface area contributed by atoms with Crippen molar-refractivity contribution in [2.24, 2.45) is 0 Å². The number of rotatable bonds is 10. The molecule has 7 nitrogen and oxygen atoms in total. The SMILES string of the molecule is O=C(NCCc1ccc(F)cc1)Nc1ccc(C2Cc3cnc(NCCCN4CCCC4)nc3-c3ccccc32)cc1. The fourth-order valence-electron chi connectivity index (χ4n) is 5.97. The van der Waals surface area contributed by atoms with Crippen molar-refractivity contribution in [3.63, 3.8) is 0 Å². The van der Waals surface area contributed by atoms with E-state index < -0.39 is 0 Å². The van der Waals surface area contributed by atoms with Gasteiger partial charge in [0.25, 0.3) is 0 Å². The van der Waals surface area contributed by atoms with Gasteiger partial charge >= 0.3 is 6.03 Å². The van der Waals surface area contributed by atoms with Crippen molar-refractivity contribution < 1.29 is 9.18 Å². The van der Waals surface area contributed by atoms with Crippen LogP contribution in [0.25, 0.3) is 11.3 Å². The summed E-state index contributed by atoms with van der Waals surface area (Å²) in [5, 5.41) is 9.20. The van der Waals surface area contributed by atoms with E-state index in [1.54, 1.807) is 12.1 Å². The second kappa shape index (κ2) is 13.1. The van der Waals surface area contributed by atoms with Gasteiger partial charge in [-0.15, -0.1) is 0 Å². The molecule has 42 heavy (non-hydrogen) atoms. The lowest BCUT2D eigenvalue weighted by molar-refractivity contribution is 0.252. The molecule has 2 aliphatic rings. The van der Waals surface area contributed by atoms with Gasteiger partial charge in [0, 0.05) is 36.5 Å². The monoisotopic (exact) mass is 564 g/mol. The lowest BCUT2D eigenvalue weighted by Crippen LogP contribution is -2.30. The number of halogens is 1. The number of amides is 2. The molecule has 8 heteroatoms. The molecule has 6 rings (SSSR count). The van der Waals surface area contributed by atoms with Crippen molar-refractivity contribution in [3.05, 3.63) is 107 Å². The van der Waals surface area contributed by atoms with Gasteiger partial charge in [-0.3, -0.25) is 0 Å². The highest BCUT2D eigenvalue weighted by atomic mass is 19.1. The van der Waals surface area contributed by atoms with Crippen LogP contribution >= 0.6 is 0 Å². The van der Waals surface area contributed by atoms with Crippen LogP contribution in [0.3, 0.4) is 0 Å². The Hall–Kier alpha value is -4.30. The van der Waals surface area contributed by atoms with Crippen LogP contribution in [-0.4, -0.2) is 53.6 Å². The van der Waals surface area contributed by atoms with E-state index in [4.69, 9.17) is 4.98 Å². The van der Waals surface area contributed by atoms with Crippen molar-refractivity contribution in [2.45, 2.75) is 38.0 Å². The summed E-state index contributed by atoms with van der Waals surface area (Å²) < 4.78 is 13.1. The first-order chi connectivity index (χ1) is 20.6. The summed E-state index contributed by atoms with van der Waals surface area (Å²) in [6, 6.07) is 22.6. The number of nitrogens with zero attached hydrogens (tertiary/aromatic N) is 3. The molecular formula is C34H37FN6O. The fraction of sp³-hybridized carbons (Fsp3) is 0.324. The summed E-state index contributed by atoms with van der Waals surface area (Å²) in [5.41, 5.74) is 7.43. The number of hydrogen-bond acceptors (Lipinski definition) is 5. The molecule has 2 heterocycles. The number of fused-ring (bicyclic) bond motifs is 3. The third-order valence-electron chi connectivity index (χ3n) is 8.20. The van der Waals surface area contributed by atoms with Gasteiger partial charge in [0.05, 0.1) is 5.69 Å². The van der Waals surface area contributed by atoms with Crippen molar-refractivity contribution in [2.75, 3.05) is 43.4 Å². The molecule has 1 saturated heterocycles. The summed E-state index contributed by atoms with van der Waals surface area (Å²) in [6.07, 6.45) is 7.15. The van der Waals surface area contributed by atoms with E-state index in [9.17, 15) is 9.18 Å². The Kier molecular flexibility index (Phi) is 8.70. The first-order valence-corrected chi connectivity index (χ1v) is 14.9. The van der Waals surface area contributed by atoms with Crippen LogP contribution in [0.5, 0.6) is 0 Å². The molecule has 3 N–H and O–H groups in total. The molecule has 0 spiro atoms. The fourth-order valence-corrected chi connectivity index (χ4v) is 5.97. The van der Waals surface area contributed by atoms with E-state index >= 15 is 0 Å². The highest BCUT2D eigenvalue weighted by Gasteiger charge is 2.27. The minimum Gasteiger partial charge on any atom is -0.354 e. The van der Waals surface area contributed by atoms with E-state index in [1.807, 2.05) is 18.3 Å². The van der Waals surface area contributed by atoms with Gasteiger partial charge in [-0.2, -0.15) is 0 Å². The highest BCUT2D eigenvalue weighted by molar-refractivity contribution is 5.89. The second-order valence-electron chi connectivity index (χ2n) is 11.1. The number of aromatic nitrogens is 2. The van der Waals surface area contributed by atoms with Crippen LogP contribution in [0.15, 0.2) is 79.0 Å². The first kappa shape index (κ1) is 27.8. The number of carbonyl (C=O) groups excluding carboxylic acids is 1. The smallest absolute Gasteiger partial charge is 0.319 e. The van der Waals surface area contributed by atoms with Crippen molar-refractivity contribution >= 4 is 17.7 Å². The van der Waals surface area contributed by atoms with Crippen molar-refractivity contribution in [1.82, 2.24) is 20.2 Å². The average Bonchev–Trinajstić information content (AvgIpc) is 3.54. The Bertz CT molecular complexity index is 1500. The third kappa shape index (κ3) is 6.77. The van der Waals surface area contributed by atoms with Crippen LogP contribution in [0.1, 0.15) is 47.4 Å². The summed E-state index contributed by atoms with van der Waals surface area (Å²) in [4.78, 5) is 24.5. The van der Waals surface area contributed by atoms with E-state index in [-0.39, 0.29) is 17.8 Å². The van der Waals surface area contributed by atoms with E-state index in [2.05, 4.69) is 62.2 Å². The van der Waals surface area contributed by atoms with Gasteiger partial charge in [0.15, 0.2) is 0 Å². The standard InChI is InChI=1S/C34H37FN6O/c35-27-12-8-24(9-13-27)16-18-37-34(42)39-28-14-10-25(11-15-28)31-22-26-23-38-33(36-17-5-21-41-19-3-4-20-41)40-32(26)30-7-2-1-6-29(30)31/h1-2,6-15,23,31H,3-5,16-22H2,(H,36,38,40)(H2,37,39,42). The number of likely N-dealkylation sites (tertiary alicyclic amines) is 1. The molecule has 216 valence electrons. The Morgan fingerprint density at radius 2 is 1.74 bits per heavy atom. The largest absolute Gasteiger partial charge is 0.354 e. The molecule has 1 unspecified atom stereocenters. The van der Waals surface area contributed by atoms with Gasteiger partial charge in [-0.05, 0) is 98.3 Å². The zero-order valence-electron chi connectivity index (χ0n) is 23.8. The van der Waals surface area contributed by atoms with Crippen LogP contribution in [0.4, 0.5) is 20.8 Å². The minimum atomic E-state index is -0.264. The van der Waals surface area contributed by atoms with Crippen LogP contribution in [0, 0.1) is 5.82 Å². The number of benzene rings is 3. The normalized spacial score (nSPS) is 16.0. The Labute approximate surface area is 246 Å². The van der Waals surface area contributed by atoms with E-state index in [1.165, 1.54) is 49.2 Å². The number of nitrogens with one attached hydrogen (secondary N) is 3. The summed E-state index contributed by atoms with van der Waals surface area (Å²) in [6.45, 7) is 4.90. The highest BCUT2D eigenvalue weighted by Crippen LogP contribution is 2.42. The minimum absolute atomic E-state index is 0.176. The molecule has 1 aromatic heterocycles. The molecule has 1 aliphatic heterocycles. The topological polar surface area (TPSA) is 82.2 Å². The second-order valence-corrected chi connectivity index (χ2v) is 11.1. The molecule has 0 saturated carbocycles. The lowest BCUT2D eigenvalue weighted by Gasteiger charge is -2.27. The molecule has 2 amide bonds. The Morgan fingerprint density at radius 1 is 0.952 bits per heavy atom. The number of hydrogen-bond donors (Lipinski definition) is 3.